The number of ether oxygens (including phenoxy) is 1. The van der Waals surface area contributed by atoms with Gasteiger partial charge in [0.25, 0.3) is 0 Å². The van der Waals surface area contributed by atoms with Crippen LogP contribution >= 0.6 is 34.8 Å². The molecule has 3 N–H and O–H groups in total. The first-order chi connectivity index (χ1) is 10.8. The van der Waals surface area contributed by atoms with Crippen LogP contribution in [0.3, 0.4) is 0 Å². The second-order valence-electron chi connectivity index (χ2n) is 4.54. The number of benzene rings is 1. The molecule has 0 radical (unpaired) electrons. The van der Waals surface area contributed by atoms with Crippen LogP contribution < -0.4 is 15.2 Å². The molecule has 0 spiro atoms. The number of likely N-dealkylation sites (N-methyl/N-ethyl adjacent to an activating group) is 1. The maximum absolute atomic E-state index is 9.53. The number of rotatable bonds is 4. The van der Waals surface area contributed by atoms with E-state index < -0.39 is 11.9 Å². The number of hydrogen-bond donors (Lipinski definition) is 2. The Balaban J connectivity index is 0.000000284. The molecule has 1 aromatic rings. The Bertz CT molecular complexity index is 617. The number of carboxylic acid groups (broad SMARTS) is 2. The third-order valence-corrected chi connectivity index (χ3v) is 3.90. The van der Waals surface area contributed by atoms with Crippen LogP contribution in [0.2, 0.25) is 15.1 Å². The maximum atomic E-state index is 9.53. The molecule has 0 saturated carbocycles. The van der Waals surface area contributed by atoms with E-state index in [1.807, 2.05) is 7.05 Å². The van der Waals surface area contributed by atoms with Gasteiger partial charge in [-0.3, -0.25) is 0 Å². The summed E-state index contributed by atoms with van der Waals surface area (Å²) in [6.07, 6.45) is 1.86. The van der Waals surface area contributed by atoms with Crippen LogP contribution in [0.4, 0.5) is 0 Å². The van der Waals surface area contributed by atoms with Crippen LogP contribution in [0.5, 0.6) is 5.75 Å². The number of halogens is 3. The van der Waals surface area contributed by atoms with Crippen molar-refractivity contribution < 1.29 is 29.9 Å². The molecule has 0 aromatic heterocycles. The average Bonchev–Trinajstić information content (AvgIpc) is 2.88. The van der Waals surface area contributed by atoms with Crippen molar-refractivity contribution in [2.45, 2.75) is 12.5 Å². The van der Waals surface area contributed by atoms with Crippen LogP contribution in [0.15, 0.2) is 18.2 Å². The highest BCUT2D eigenvalue weighted by Crippen LogP contribution is 2.43. The molecule has 1 heterocycles. The van der Waals surface area contributed by atoms with E-state index in [-0.39, 0.29) is 6.10 Å². The number of nitrogens with two attached hydrogens (primary N) is 1. The Labute approximate surface area is 147 Å². The zero-order chi connectivity index (χ0) is 17.6. The second-order valence-corrected chi connectivity index (χ2v) is 5.73. The van der Waals surface area contributed by atoms with Crippen molar-refractivity contribution in [1.82, 2.24) is 0 Å². The minimum Gasteiger partial charge on any atom is -0.545 e. The van der Waals surface area contributed by atoms with E-state index in [0.29, 0.717) is 33.0 Å². The number of aliphatic carboxylic acids is 2. The van der Waals surface area contributed by atoms with E-state index in [4.69, 9.17) is 44.6 Å². The lowest BCUT2D eigenvalue weighted by Gasteiger charge is -2.07. The Kier molecular flexibility index (Phi) is 7.64. The SMILES string of the molecule is C[NH2+]CC1Cc2c(Cl)c(Cl)cc(Cl)c2O1.O=C([O-])/C=C\C(=O)O. The van der Waals surface area contributed by atoms with Crippen LogP contribution in [0, 0.1) is 0 Å². The zero-order valence-electron chi connectivity index (χ0n) is 12.0. The molecule has 2 rings (SSSR count). The number of hydrogen-bond acceptors (Lipinski definition) is 4. The molecular formula is C14H14Cl3NO5. The number of quaternary nitrogens is 1. The minimum atomic E-state index is -1.51. The van der Waals surface area contributed by atoms with Crippen molar-refractivity contribution in [3.8, 4) is 5.75 Å². The molecule has 6 nitrogen and oxygen atoms in total. The third-order valence-electron chi connectivity index (χ3n) is 2.80. The first-order valence-corrected chi connectivity index (χ1v) is 7.62. The van der Waals surface area contributed by atoms with E-state index in [2.05, 4.69) is 5.32 Å². The predicted octanol–water partition coefficient (Wildman–Crippen LogP) is 0.521. The molecule has 23 heavy (non-hydrogen) atoms. The molecule has 1 unspecified atom stereocenters. The Morgan fingerprint density at radius 1 is 1.39 bits per heavy atom. The molecule has 1 aliphatic heterocycles. The van der Waals surface area contributed by atoms with Crippen molar-refractivity contribution in [2.24, 2.45) is 0 Å². The van der Waals surface area contributed by atoms with Gasteiger partial charge in [0.1, 0.15) is 12.3 Å². The van der Waals surface area contributed by atoms with Gasteiger partial charge in [-0.25, -0.2) is 4.79 Å². The van der Waals surface area contributed by atoms with E-state index in [1.165, 1.54) is 0 Å². The van der Waals surface area contributed by atoms with Gasteiger partial charge in [-0.1, -0.05) is 34.8 Å². The standard InChI is InChI=1S/C10H10Cl3NO.C4H4O4/c1-14-4-5-2-6-9(13)7(11)3-8(12)10(6)15-5;5-3(6)1-2-4(7)8/h3,5,14H,2,4H2,1H3;1-2H,(H,5,6)(H,7,8)/b;2-1-. The number of carboxylic acids is 2. The highest BCUT2D eigenvalue weighted by molar-refractivity contribution is 6.44. The molecule has 1 atom stereocenters. The zero-order valence-corrected chi connectivity index (χ0v) is 14.3. The third kappa shape index (κ3) is 5.91. The highest BCUT2D eigenvalue weighted by Gasteiger charge is 2.29. The Morgan fingerprint density at radius 2 is 2.04 bits per heavy atom. The molecular weight excluding hydrogens is 369 g/mol. The van der Waals surface area contributed by atoms with Gasteiger partial charge in [0.2, 0.25) is 0 Å². The van der Waals surface area contributed by atoms with Gasteiger partial charge in [-0.2, -0.15) is 0 Å². The van der Waals surface area contributed by atoms with Crippen LogP contribution in [-0.2, 0) is 16.0 Å². The maximum Gasteiger partial charge on any atom is 0.328 e. The van der Waals surface area contributed by atoms with Crippen LogP contribution in [-0.4, -0.2) is 36.7 Å². The Morgan fingerprint density at radius 3 is 2.52 bits per heavy atom. The van der Waals surface area contributed by atoms with Crippen molar-refractivity contribution in [3.63, 3.8) is 0 Å². The van der Waals surface area contributed by atoms with Gasteiger partial charge in [-0.15, -0.1) is 0 Å². The summed E-state index contributed by atoms with van der Waals surface area (Å²) in [5.74, 6) is -2.11. The highest BCUT2D eigenvalue weighted by atomic mass is 35.5. The number of fused-ring (bicyclic) bond motifs is 1. The van der Waals surface area contributed by atoms with Crippen LogP contribution in [0.25, 0.3) is 0 Å². The monoisotopic (exact) mass is 381 g/mol. The predicted molar refractivity (Wildman–Crippen MR) is 84.1 cm³/mol. The molecule has 126 valence electrons. The summed E-state index contributed by atoms with van der Waals surface area (Å²) in [5, 5.41) is 20.9. The molecule has 1 aliphatic rings. The smallest absolute Gasteiger partial charge is 0.328 e. The van der Waals surface area contributed by atoms with Crippen molar-refractivity contribution >= 4 is 46.7 Å². The summed E-state index contributed by atoms with van der Waals surface area (Å²) in [6.45, 7) is 0.888. The number of carbonyl (C=O) groups is 2. The molecule has 0 amide bonds. The van der Waals surface area contributed by atoms with E-state index in [9.17, 15) is 14.7 Å². The fourth-order valence-corrected chi connectivity index (χ4v) is 2.67. The summed E-state index contributed by atoms with van der Waals surface area (Å²) in [4.78, 5) is 19.0. The van der Waals surface area contributed by atoms with E-state index in [1.54, 1.807) is 6.07 Å². The summed E-state index contributed by atoms with van der Waals surface area (Å²) < 4.78 is 5.71. The first-order valence-electron chi connectivity index (χ1n) is 6.49. The van der Waals surface area contributed by atoms with Gasteiger partial charge in [-0.05, 0) is 12.1 Å². The van der Waals surface area contributed by atoms with Gasteiger partial charge in [0.05, 0.1) is 28.1 Å². The normalized spacial score (nSPS) is 15.6. The molecule has 0 aliphatic carbocycles. The summed E-state index contributed by atoms with van der Waals surface area (Å²) in [5.41, 5.74) is 0.931. The van der Waals surface area contributed by atoms with Crippen molar-refractivity contribution in [3.05, 3.63) is 38.8 Å². The summed E-state index contributed by atoms with van der Waals surface area (Å²) in [7, 11) is 2.00. The molecule has 9 heteroatoms. The quantitative estimate of drug-likeness (QED) is 0.584. The topological polar surface area (TPSA) is 103 Å². The molecule has 1 aromatic carbocycles. The van der Waals surface area contributed by atoms with Gasteiger partial charge in [0, 0.05) is 18.1 Å². The molecule has 0 bridgehead atoms. The van der Waals surface area contributed by atoms with Gasteiger partial charge < -0.3 is 25.1 Å². The molecule has 0 fully saturated rings. The average molecular weight is 383 g/mol. The minimum absolute atomic E-state index is 0.137. The van der Waals surface area contributed by atoms with Gasteiger partial charge >= 0.3 is 5.97 Å². The van der Waals surface area contributed by atoms with Gasteiger partial charge in [0.15, 0.2) is 6.10 Å². The lowest BCUT2D eigenvalue weighted by molar-refractivity contribution is -0.632. The van der Waals surface area contributed by atoms with E-state index in [0.717, 1.165) is 18.5 Å². The van der Waals surface area contributed by atoms with E-state index >= 15 is 0 Å². The summed E-state index contributed by atoms with van der Waals surface area (Å²) in [6, 6.07) is 1.63. The second kappa shape index (κ2) is 8.98. The Hall–Kier alpha value is -1.47. The van der Waals surface area contributed by atoms with Crippen LogP contribution in [0.1, 0.15) is 5.56 Å². The molecule has 0 saturated heterocycles. The fraction of sp³-hybridized carbons (Fsp3) is 0.286. The largest absolute Gasteiger partial charge is 0.545 e. The summed E-state index contributed by atoms with van der Waals surface area (Å²) >= 11 is 18.1. The van der Waals surface area contributed by atoms with Crippen molar-refractivity contribution in [1.29, 1.82) is 0 Å². The first kappa shape index (κ1) is 19.6. The lowest BCUT2D eigenvalue weighted by atomic mass is 10.1. The number of carbonyl (C=O) groups excluding carboxylic acids is 1. The lowest BCUT2D eigenvalue weighted by Crippen LogP contribution is -2.82. The fourth-order valence-electron chi connectivity index (χ4n) is 1.91. The van der Waals surface area contributed by atoms with Crippen molar-refractivity contribution in [2.75, 3.05) is 13.6 Å².